The highest BCUT2D eigenvalue weighted by molar-refractivity contribution is 6.30. The SMILES string of the molecule is C=C[C@@H]1C[C@]1(N)C(=O)OOC(=O)[C@@](CC)(Oc1cccc(C(F)(F)F)c1)c1ccc(Cl)cc1. The van der Waals surface area contributed by atoms with Crippen molar-refractivity contribution in [2.24, 2.45) is 11.7 Å². The molecule has 1 saturated carbocycles. The molecule has 3 atom stereocenters. The van der Waals surface area contributed by atoms with E-state index in [4.69, 9.17) is 27.0 Å². The minimum Gasteiger partial charge on any atom is -0.471 e. The zero-order chi connectivity index (χ0) is 24.4. The summed E-state index contributed by atoms with van der Waals surface area (Å²) in [5.74, 6) is -2.69. The summed E-state index contributed by atoms with van der Waals surface area (Å²) in [6.07, 6.45) is -2.93. The van der Waals surface area contributed by atoms with E-state index in [0.717, 1.165) is 18.2 Å². The Morgan fingerprint density at radius 1 is 1.18 bits per heavy atom. The van der Waals surface area contributed by atoms with Gasteiger partial charge in [0.2, 0.25) is 5.60 Å². The summed E-state index contributed by atoms with van der Waals surface area (Å²) in [4.78, 5) is 34.9. The van der Waals surface area contributed by atoms with E-state index < -0.39 is 34.8 Å². The largest absolute Gasteiger partial charge is 0.471 e. The molecule has 0 heterocycles. The van der Waals surface area contributed by atoms with Crippen molar-refractivity contribution in [1.29, 1.82) is 0 Å². The van der Waals surface area contributed by atoms with Crippen LogP contribution >= 0.6 is 11.6 Å². The summed E-state index contributed by atoms with van der Waals surface area (Å²) in [5.41, 5.74) is 1.86. The first-order chi connectivity index (χ1) is 15.5. The molecule has 1 aliphatic rings. The maximum absolute atomic E-state index is 13.2. The third-order valence-corrected chi connectivity index (χ3v) is 5.76. The molecule has 0 radical (unpaired) electrons. The highest BCUT2D eigenvalue weighted by Crippen LogP contribution is 2.43. The van der Waals surface area contributed by atoms with Crippen LogP contribution in [-0.2, 0) is 31.1 Å². The fourth-order valence-electron chi connectivity index (χ4n) is 3.35. The van der Waals surface area contributed by atoms with Crippen LogP contribution in [0.2, 0.25) is 5.02 Å². The average molecular weight is 484 g/mol. The third kappa shape index (κ3) is 4.99. The van der Waals surface area contributed by atoms with Gasteiger partial charge >= 0.3 is 18.1 Å². The number of hydrogen-bond donors (Lipinski definition) is 1. The van der Waals surface area contributed by atoms with Crippen molar-refractivity contribution in [2.75, 3.05) is 0 Å². The Morgan fingerprint density at radius 2 is 1.85 bits per heavy atom. The molecule has 176 valence electrons. The van der Waals surface area contributed by atoms with Gasteiger partial charge in [0.25, 0.3) is 0 Å². The van der Waals surface area contributed by atoms with Gasteiger partial charge in [-0.15, -0.1) is 6.58 Å². The second kappa shape index (κ2) is 9.07. The lowest BCUT2D eigenvalue weighted by atomic mass is 9.90. The smallest absolute Gasteiger partial charge is 0.416 e. The number of benzene rings is 2. The maximum atomic E-state index is 13.2. The van der Waals surface area contributed by atoms with E-state index >= 15 is 0 Å². The van der Waals surface area contributed by atoms with Crippen LogP contribution in [0.4, 0.5) is 13.2 Å². The summed E-state index contributed by atoms with van der Waals surface area (Å²) in [7, 11) is 0. The highest BCUT2D eigenvalue weighted by Gasteiger charge is 2.58. The fraction of sp³-hybridized carbons (Fsp3) is 0.304. The Bertz CT molecular complexity index is 1060. The second-order valence-electron chi connectivity index (χ2n) is 7.64. The van der Waals surface area contributed by atoms with Gasteiger partial charge < -0.3 is 10.5 Å². The molecular formula is C23H21ClF3NO5. The lowest BCUT2D eigenvalue weighted by Gasteiger charge is -2.31. The first-order valence-electron chi connectivity index (χ1n) is 9.93. The monoisotopic (exact) mass is 483 g/mol. The number of hydrogen-bond acceptors (Lipinski definition) is 6. The zero-order valence-corrected chi connectivity index (χ0v) is 18.3. The molecule has 0 spiro atoms. The van der Waals surface area contributed by atoms with Crippen molar-refractivity contribution in [2.45, 2.75) is 37.1 Å². The van der Waals surface area contributed by atoms with Crippen LogP contribution in [0, 0.1) is 5.92 Å². The maximum Gasteiger partial charge on any atom is 0.416 e. The minimum absolute atomic E-state index is 0.0791. The molecule has 3 rings (SSSR count). The summed E-state index contributed by atoms with van der Waals surface area (Å²) in [6.45, 7) is 5.12. The first-order valence-corrected chi connectivity index (χ1v) is 10.3. The number of carbonyl (C=O) groups excluding carboxylic acids is 2. The Morgan fingerprint density at radius 3 is 2.39 bits per heavy atom. The summed E-state index contributed by atoms with van der Waals surface area (Å²) in [5, 5.41) is 0.358. The molecule has 0 aliphatic heterocycles. The van der Waals surface area contributed by atoms with Gasteiger partial charge in [0.15, 0.2) is 0 Å². The number of halogens is 4. The van der Waals surface area contributed by atoms with Crippen LogP contribution in [0.1, 0.15) is 30.9 Å². The second-order valence-corrected chi connectivity index (χ2v) is 8.08. The van der Waals surface area contributed by atoms with E-state index in [1.807, 2.05) is 0 Å². The van der Waals surface area contributed by atoms with E-state index in [1.165, 1.54) is 36.4 Å². The molecule has 0 bridgehead atoms. The molecule has 0 unspecified atom stereocenters. The molecule has 0 aromatic heterocycles. The van der Waals surface area contributed by atoms with Crippen molar-refractivity contribution < 1.29 is 37.3 Å². The van der Waals surface area contributed by atoms with Crippen LogP contribution in [0.5, 0.6) is 5.75 Å². The molecule has 2 N–H and O–H groups in total. The molecular weight excluding hydrogens is 463 g/mol. The van der Waals surface area contributed by atoms with Crippen molar-refractivity contribution >= 4 is 23.5 Å². The molecule has 6 nitrogen and oxygen atoms in total. The van der Waals surface area contributed by atoms with E-state index in [9.17, 15) is 22.8 Å². The van der Waals surface area contributed by atoms with Crippen molar-refractivity contribution in [3.63, 3.8) is 0 Å². The van der Waals surface area contributed by atoms with Gasteiger partial charge in [-0.1, -0.05) is 42.8 Å². The Labute approximate surface area is 193 Å². The predicted molar refractivity (Wildman–Crippen MR) is 113 cm³/mol. The van der Waals surface area contributed by atoms with Gasteiger partial charge in [-0.3, -0.25) is 0 Å². The van der Waals surface area contributed by atoms with Gasteiger partial charge in [-0.25, -0.2) is 19.4 Å². The van der Waals surface area contributed by atoms with Crippen molar-refractivity contribution in [3.05, 3.63) is 77.3 Å². The Balaban J connectivity index is 1.92. The molecule has 2 aromatic carbocycles. The van der Waals surface area contributed by atoms with Crippen LogP contribution < -0.4 is 10.5 Å². The predicted octanol–water partition coefficient (Wildman–Crippen LogP) is 4.95. The lowest BCUT2D eigenvalue weighted by Crippen LogP contribution is -2.44. The third-order valence-electron chi connectivity index (χ3n) is 5.51. The topological polar surface area (TPSA) is 87.9 Å². The fourth-order valence-corrected chi connectivity index (χ4v) is 3.48. The van der Waals surface area contributed by atoms with E-state index in [0.29, 0.717) is 5.02 Å². The number of alkyl halides is 3. The molecule has 0 saturated heterocycles. The van der Waals surface area contributed by atoms with Crippen LogP contribution in [0.3, 0.4) is 0 Å². The van der Waals surface area contributed by atoms with Gasteiger partial charge in [0, 0.05) is 16.5 Å². The number of carbonyl (C=O) groups is 2. The summed E-state index contributed by atoms with van der Waals surface area (Å²) < 4.78 is 45.3. The minimum atomic E-state index is -4.62. The van der Waals surface area contributed by atoms with E-state index in [2.05, 4.69) is 11.5 Å². The quantitative estimate of drug-likeness (QED) is 0.340. The molecule has 0 amide bonds. The lowest BCUT2D eigenvalue weighted by molar-refractivity contribution is -0.272. The molecule has 1 aliphatic carbocycles. The van der Waals surface area contributed by atoms with Gasteiger partial charge in [0.05, 0.1) is 5.56 Å². The van der Waals surface area contributed by atoms with Crippen LogP contribution in [0.15, 0.2) is 61.2 Å². The standard InChI is InChI=1S/C23H21ClF3NO5/c1-3-14-13-21(14,28)19(29)32-33-20(30)22(4-2,15-8-10-17(24)11-9-15)31-18-7-5-6-16(12-18)23(25,26)27/h3,5-12,14H,1,4,13,28H2,2H3/t14-,21-,22+/m1/s1. The van der Waals surface area contributed by atoms with E-state index in [1.54, 1.807) is 6.92 Å². The van der Waals surface area contributed by atoms with Gasteiger partial charge in [-0.05, 0) is 43.2 Å². The van der Waals surface area contributed by atoms with Crippen LogP contribution in [-0.4, -0.2) is 17.5 Å². The number of ether oxygens (including phenoxy) is 1. The van der Waals surface area contributed by atoms with Gasteiger partial charge in [-0.2, -0.15) is 13.2 Å². The number of rotatable bonds is 7. The molecule has 10 heteroatoms. The molecule has 1 fully saturated rings. The average Bonchev–Trinajstić information content (AvgIpc) is 3.47. The molecule has 33 heavy (non-hydrogen) atoms. The summed E-state index contributed by atoms with van der Waals surface area (Å²) in [6, 6.07) is 9.91. The Kier molecular flexibility index (Phi) is 6.76. The van der Waals surface area contributed by atoms with Crippen molar-refractivity contribution in [1.82, 2.24) is 0 Å². The normalized spacial score (nSPS) is 21.5. The van der Waals surface area contributed by atoms with Crippen LogP contribution in [0.25, 0.3) is 0 Å². The van der Waals surface area contributed by atoms with Gasteiger partial charge in [0.1, 0.15) is 11.3 Å². The number of nitrogens with two attached hydrogens (primary N) is 1. The zero-order valence-electron chi connectivity index (χ0n) is 17.5. The Hall–Kier alpha value is -3.04. The molecule has 2 aromatic rings. The first kappa shape index (κ1) is 24.6. The van der Waals surface area contributed by atoms with Crippen molar-refractivity contribution in [3.8, 4) is 5.75 Å². The summed E-state index contributed by atoms with van der Waals surface area (Å²) >= 11 is 5.93. The van der Waals surface area contributed by atoms with E-state index in [-0.39, 0.29) is 30.1 Å². The highest BCUT2D eigenvalue weighted by atomic mass is 35.5.